The summed E-state index contributed by atoms with van der Waals surface area (Å²) in [5, 5.41) is 0.641. The molecule has 0 bridgehead atoms. The first-order chi connectivity index (χ1) is 12.0. The van der Waals surface area contributed by atoms with Crippen molar-refractivity contribution < 1.29 is 13.4 Å². The standard InChI is InChI=1S/C17H21N3O3S2/c1-11-9-20(6-8-25(22)10-11)17(21)14-12(2)18-15(19-16(14)24-3)13-5-4-7-23-13/h4-5,7,11H,6,8-10H2,1-3H3. The maximum atomic E-state index is 13.1. The van der Waals surface area contributed by atoms with Crippen LogP contribution < -0.4 is 0 Å². The predicted octanol–water partition coefficient (Wildman–Crippen LogP) is 2.61. The number of hydrogen-bond donors (Lipinski definition) is 0. The van der Waals surface area contributed by atoms with Crippen LogP contribution in [-0.2, 0) is 10.8 Å². The highest BCUT2D eigenvalue weighted by molar-refractivity contribution is 7.98. The second-order valence-corrected chi connectivity index (χ2v) is 8.58. The first-order valence-corrected chi connectivity index (χ1v) is 10.8. The maximum Gasteiger partial charge on any atom is 0.258 e. The summed E-state index contributed by atoms with van der Waals surface area (Å²) in [5.74, 6) is 2.36. The Bertz CT molecular complexity index is 793. The number of thioether (sulfide) groups is 1. The third-order valence-corrected chi connectivity index (χ3v) is 6.34. The molecule has 2 unspecified atom stereocenters. The Kier molecular flexibility index (Phi) is 5.58. The topological polar surface area (TPSA) is 76.3 Å². The van der Waals surface area contributed by atoms with Crippen molar-refractivity contribution in [3.8, 4) is 11.6 Å². The van der Waals surface area contributed by atoms with Crippen LogP contribution in [0, 0.1) is 12.8 Å². The lowest BCUT2D eigenvalue weighted by molar-refractivity contribution is 0.0746. The average Bonchev–Trinajstić information content (AvgIpc) is 3.05. The fraction of sp³-hybridized carbons (Fsp3) is 0.471. The number of nitrogens with zero attached hydrogens (tertiary/aromatic N) is 3. The molecule has 25 heavy (non-hydrogen) atoms. The van der Waals surface area contributed by atoms with E-state index in [0.717, 1.165) is 0 Å². The molecule has 2 aromatic heterocycles. The highest BCUT2D eigenvalue weighted by Crippen LogP contribution is 2.26. The Labute approximate surface area is 153 Å². The molecule has 1 aliphatic heterocycles. The number of amides is 1. The number of carbonyl (C=O) groups excluding carboxylic acids is 1. The third kappa shape index (κ3) is 3.95. The van der Waals surface area contributed by atoms with Crippen molar-refractivity contribution >= 4 is 28.5 Å². The number of aryl methyl sites for hydroxylation is 1. The van der Waals surface area contributed by atoms with Crippen molar-refractivity contribution in [2.24, 2.45) is 5.92 Å². The minimum atomic E-state index is -0.861. The molecule has 1 amide bonds. The molecular formula is C17H21N3O3S2. The molecule has 134 valence electrons. The molecule has 0 aromatic carbocycles. The zero-order chi connectivity index (χ0) is 18.0. The summed E-state index contributed by atoms with van der Waals surface area (Å²) in [4.78, 5) is 23.9. The van der Waals surface area contributed by atoms with Crippen LogP contribution in [0.5, 0.6) is 0 Å². The Morgan fingerprint density at radius 1 is 1.44 bits per heavy atom. The van der Waals surface area contributed by atoms with Crippen LogP contribution in [0.1, 0.15) is 23.0 Å². The molecular weight excluding hydrogens is 358 g/mol. The second kappa shape index (κ2) is 7.70. The van der Waals surface area contributed by atoms with Crippen LogP contribution in [0.3, 0.4) is 0 Å². The number of furan rings is 1. The van der Waals surface area contributed by atoms with Gasteiger partial charge < -0.3 is 9.32 Å². The van der Waals surface area contributed by atoms with Gasteiger partial charge in [-0.15, -0.1) is 11.8 Å². The summed E-state index contributed by atoms with van der Waals surface area (Å²) in [7, 11) is -0.861. The Hall–Kier alpha value is -1.67. The van der Waals surface area contributed by atoms with Crippen LogP contribution in [0.4, 0.5) is 0 Å². The number of hydrogen-bond acceptors (Lipinski definition) is 6. The van der Waals surface area contributed by atoms with Crippen molar-refractivity contribution in [2.45, 2.75) is 18.9 Å². The number of rotatable bonds is 3. The summed E-state index contributed by atoms with van der Waals surface area (Å²) in [6.45, 7) is 4.96. The van der Waals surface area contributed by atoms with E-state index < -0.39 is 10.8 Å². The van der Waals surface area contributed by atoms with Crippen molar-refractivity contribution in [1.82, 2.24) is 14.9 Å². The fourth-order valence-corrected chi connectivity index (χ4v) is 4.88. The highest BCUT2D eigenvalue weighted by atomic mass is 32.2. The van der Waals surface area contributed by atoms with E-state index in [-0.39, 0.29) is 11.8 Å². The van der Waals surface area contributed by atoms with Crippen molar-refractivity contribution in [3.63, 3.8) is 0 Å². The molecule has 3 heterocycles. The smallest absolute Gasteiger partial charge is 0.258 e. The van der Waals surface area contributed by atoms with Gasteiger partial charge in [-0.05, 0) is 31.2 Å². The molecule has 0 spiro atoms. The van der Waals surface area contributed by atoms with Gasteiger partial charge in [0, 0.05) is 35.4 Å². The molecule has 2 atom stereocenters. The quantitative estimate of drug-likeness (QED) is 0.603. The Morgan fingerprint density at radius 2 is 2.24 bits per heavy atom. The zero-order valence-corrected chi connectivity index (χ0v) is 16.2. The first-order valence-electron chi connectivity index (χ1n) is 8.10. The van der Waals surface area contributed by atoms with Crippen molar-refractivity contribution in [2.75, 3.05) is 30.9 Å². The summed E-state index contributed by atoms with van der Waals surface area (Å²) in [5.41, 5.74) is 1.16. The number of aromatic nitrogens is 2. The maximum absolute atomic E-state index is 13.1. The largest absolute Gasteiger partial charge is 0.461 e. The lowest BCUT2D eigenvalue weighted by atomic mass is 10.1. The molecule has 1 fully saturated rings. The van der Waals surface area contributed by atoms with Gasteiger partial charge in [-0.3, -0.25) is 9.00 Å². The van der Waals surface area contributed by atoms with E-state index >= 15 is 0 Å². The van der Waals surface area contributed by atoms with E-state index in [9.17, 15) is 9.00 Å². The molecule has 0 aliphatic carbocycles. The van der Waals surface area contributed by atoms with Gasteiger partial charge in [0.15, 0.2) is 11.6 Å². The predicted molar refractivity (Wildman–Crippen MR) is 99.2 cm³/mol. The molecule has 0 radical (unpaired) electrons. The minimum Gasteiger partial charge on any atom is -0.461 e. The van der Waals surface area contributed by atoms with Crippen LogP contribution in [-0.4, -0.2) is 55.8 Å². The van der Waals surface area contributed by atoms with E-state index in [0.29, 0.717) is 52.5 Å². The van der Waals surface area contributed by atoms with Gasteiger partial charge in [0.1, 0.15) is 5.03 Å². The Morgan fingerprint density at radius 3 is 2.92 bits per heavy atom. The van der Waals surface area contributed by atoms with E-state index in [2.05, 4.69) is 9.97 Å². The van der Waals surface area contributed by atoms with E-state index in [1.165, 1.54) is 11.8 Å². The van der Waals surface area contributed by atoms with Gasteiger partial charge in [0.2, 0.25) is 0 Å². The molecule has 6 nitrogen and oxygen atoms in total. The van der Waals surface area contributed by atoms with Crippen LogP contribution in [0.25, 0.3) is 11.6 Å². The van der Waals surface area contributed by atoms with Gasteiger partial charge in [-0.25, -0.2) is 9.97 Å². The van der Waals surface area contributed by atoms with Gasteiger partial charge in [-0.2, -0.15) is 0 Å². The van der Waals surface area contributed by atoms with Crippen molar-refractivity contribution in [3.05, 3.63) is 29.7 Å². The average molecular weight is 380 g/mol. The molecule has 8 heteroatoms. The molecule has 0 N–H and O–H groups in total. The normalized spacial score (nSPS) is 21.2. The van der Waals surface area contributed by atoms with Gasteiger partial charge in [0.05, 0.1) is 17.5 Å². The van der Waals surface area contributed by atoms with E-state index in [4.69, 9.17) is 4.42 Å². The van der Waals surface area contributed by atoms with Crippen molar-refractivity contribution in [1.29, 1.82) is 0 Å². The Balaban J connectivity index is 1.95. The van der Waals surface area contributed by atoms with Crippen LogP contribution in [0.2, 0.25) is 0 Å². The fourth-order valence-electron chi connectivity index (χ4n) is 2.93. The first kappa shape index (κ1) is 18.1. The summed E-state index contributed by atoms with van der Waals surface area (Å²) in [6.07, 6.45) is 3.47. The van der Waals surface area contributed by atoms with Gasteiger partial charge in [0.25, 0.3) is 5.91 Å². The SMILES string of the molecule is CSc1nc(-c2ccco2)nc(C)c1C(=O)N1CCS(=O)CC(C)C1. The monoisotopic (exact) mass is 379 g/mol. The van der Waals surface area contributed by atoms with Crippen LogP contribution >= 0.6 is 11.8 Å². The van der Waals surface area contributed by atoms with E-state index in [1.54, 1.807) is 23.3 Å². The lowest BCUT2D eigenvalue weighted by Crippen LogP contribution is -2.36. The highest BCUT2D eigenvalue weighted by Gasteiger charge is 2.28. The molecule has 1 aliphatic rings. The zero-order valence-electron chi connectivity index (χ0n) is 14.5. The summed E-state index contributed by atoms with van der Waals surface area (Å²) < 4.78 is 17.3. The molecule has 3 rings (SSSR count). The van der Waals surface area contributed by atoms with Crippen LogP contribution in [0.15, 0.2) is 27.8 Å². The molecule has 2 aromatic rings. The van der Waals surface area contributed by atoms with Gasteiger partial charge >= 0.3 is 0 Å². The number of carbonyl (C=O) groups is 1. The molecule has 0 saturated carbocycles. The lowest BCUT2D eigenvalue weighted by Gasteiger charge is -2.23. The summed E-state index contributed by atoms with van der Waals surface area (Å²) in [6, 6.07) is 3.58. The third-order valence-electron chi connectivity index (χ3n) is 4.08. The second-order valence-electron chi connectivity index (χ2n) is 6.16. The van der Waals surface area contributed by atoms with Gasteiger partial charge in [-0.1, -0.05) is 6.92 Å². The minimum absolute atomic E-state index is 0.0846. The van der Waals surface area contributed by atoms with E-state index in [1.807, 2.05) is 20.1 Å². The molecule has 1 saturated heterocycles. The summed E-state index contributed by atoms with van der Waals surface area (Å²) >= 11 is 1.42.